The van der Waals surface area contributed by atoms with Gasteiger partial charge in [-0.1, -0.05) is 35.3 Å². The molecule has 0 N–H and O–H groups in total. The fourth-order valence-electron chi connectivity index (χ4n) is 3.02. The molecule has 0 fully saturated rings. The lowest BCUT2D eigenvalue weighted by Gasteiger charge is -2.15. The van der Waals surface area contributed by atoms with E-state index in [1.165, 1.54) is 4.68 Å². The SMILES string of the molecule is CCCCC(=O)Oc1c(OCC)cccc1OCCn1ncc2cc(Br)ccc2c1=O. The molecule has 0 unspecified atom stereocenters. The summed E-state index contributed by atoms with van der Waals surface area (Å²) in [7, 11) is 0. The second-order valence-corrected chi connectivity index (χ2v) is 7.76. The summed E-state index contributed by atoms with van der Waals surface area (Å²) in [5.41, 5.74) is -0.192. The van der Waals surface area contributed by atoms with Crippen LogP contribution >= 0.6 is 15.9 Å². The monoisotopic (exact) mass is 488 g/mol. The number of ether oxygens (including phenoxy) is 3. The first-order chi connectivity index (χ1) is 15.0. The van der Waals surface area contributed by atoms with Gasteiger partial charge in [0.1, 0.15) is 6.61 Å². The third-order valence-electron chi connectivity index (χ3n) is 4.57. The normalized spacial score (nSPS) is 10.8. The van der Waals surface area contributed by atoms with Crippen LogP contribution in [0.3, 0.4) is 0 Å². The van der Waals surface area contributed by atoms with Gasteiger partial charge in [-0.2, -0.15) is 5.10 Å². The molecular formula is C23H25BrN2O5. The molecule has 0 aliphatic carbocycles. The largest absolute Gasteiger partial charge is 0.490 e. The van der Waals surface area contributed by atoms with Crippen LogP contribution in [-0.2, 0) is 11.3 Å². The van der Waals surface area contributed by atoms with Crippen molar-refractivity contribution in [2.24, 2.45) is 0 Å². The summed E-state index contributed by atoms with van der Waals surface area (Å²) >= 11 is 3.39. The highest BCUT2D eigenvalue weighted by Gasteiger charge is 2.17. The molecule has 8 heteroatoms. The Bertz CT molecular complexity index is 1110. The third-order valence-corrected chi connectivity index (χ3v) is 5.06. The molecule has 0 spiro atoms. The highest BCUT2D eigenvalue weighted by Crippen LogP contribution is 2.37. The van der Waals surface area contributed by atoms with Gasteiger partial charge in [0, 0.05) is 16.3 Å². The lowest BCUT2D eigenvalue weighted by atomic mass is 10.2. The third kappa shape index (κ3) is 5.85. The summed E-state index contributed by atoms with van der Waals surface area (Å²) in [4.78, 5) is 24.9. The Morgan fingerprint density at radius 2 is 1.90 bits per heavy atom. The number of halogens is 1. The minimum Gasteiger partial charge on any atom is -0.490 e. The van der Waals surface area contributed by atoms with Crippen molar-refractivity contribution in [1.82, 2.24) is 9.78 Å². The molecule has 0 saturated carbocycles. The van der Waals surface area contributed by atoms with Gasteiger partial charge in [0.2, 0.25) is 5.75 Å². The number of hydrogen-bond donors (Lipinski definition) is 0. The van der Waals surface area contributed by atoms with E-state index in [0.29, 0.717) is 29.9 Å². The Morgan fingerprint density at radius 3 is 2.65 bits per heavy atom. The van der Waals surface area contributed by atoms with Crippen molar-refractivity contribution in [3.8, 4) is 17.2 Å². The summed E-state index contributed by atoms with van der Waals surface area (Å²) in [5.74, 6) is 0.747. The van der Waals surface area contributed by atoms with Gasteiger partial charge >= 0.3 is 5.97 Å². The van der Waals surface area contributed by atoms with Gasteiger partial charge in [-0.3, -0.25) is 9.59 Å². The zero-order chi connectivity index (χ0) is 22.2. The second kappa shape index (κ2) is 10.9. The average molecular weight is 489 g/mol. The molecule has 0 aliphatic heterocycles. The molecule has 0 bridgehead atoms. The van der Waals surface area contributed by atoms with Crippen LogP contribution < -0.4 is 19.8 Å². The molecule has 7 nitrogen and oxygen atoms in total. The van der Waals surface area contributed by atoms with Crippen LogP contribution in [-0.4, -0.2) is 29.0 Å². The molecule has 2 aromatic carbocycles. The Labute approximate surface area is 189 Å². The number of benzene rings is 2. The quantitative estimate of drug-likeness (QED) is 0.303. The maximum absolute atomic E-state index is 12.7. The van der Waals surface area contributed by atoms with Gasteiger partial charge < -0.3 is 14.2 Å². The van der Waals surface area contributed by atoms with Crippen LogP contribution in [0.5, 0.6) is 17.2 Å². The molecule has 0 amide bonds. The minimum atomic E-state index is -0.336. The zero-order valence-corrected chi connectivity index (χ0v) is 19.2. The van der Waals surface area contributed by atoms with Crippen LogP contribution in [0, 0.1) is 0 Å². The predicted molar refractivity (Wildman–Crippen MR) is 122 cm³/mol. The first-order valence-electron chi connectivity index (χ1n) is 10.3. The number of para-hydroxylation sites is 1. The predicted octanol–water partition coefficient (Wildman–Crippen LogP) is 4.73. The van der Waals surface area contributed by atoms with E-state index in [1.54, 1.807) is 30.5 Å². The van der Waals surface area contributed by atoms with Gasteiger partial charge in [-0.05, 0) is 43.7 Å². The highest BCUT2D eigenvalue weighted by molar-refractivity contribution is 9.10. The minimum absolute atomic E-state index is 0.171. The lowest BCUT2D eigenvalue weighted by Crippen LogP contribution is -2.25. The number of carbonyl (C=O) groups excluding carboxylic acids is 1. The smallest absolute Gasteiger partial charge is 0.311 e. The fourth-order valence-corrected chi connectivity index (χ4v) is 3.40. The number of unbranched alkanes of at least 4 members (excludes halogenated alkanes) is 1. The topological polar surface area (TPSA) is 79.7 Å². The second-order valence-electron chi connectivity index (χ2n) is 6.85. The van der Waals surface area contributed by atoms with Crippen molar-refractivity contribution in [3.05, 3.63) is 57.4 Å². The molecule has 3 aromatic rings. The first kappa shape index (κ1) is 22.8. The first-order valence-corrected chi connectivity index (χ1v) is 11.1. The van der Waals surface area contributed by atoms with Crippen molar-refractivity contribution in [2.45, 2.75) is 39.7 Å². The number of hydrogen-bond acceptors (Lipinski definition) is 6. The molecule has 1 heterocycles. The number of esters is 1. The molecule has 1 aromatic heterocycles. The highest BCUT2D eigenvalue weighted by atomic mass is 79.9. The van der Waals surface area contributed by atoms with Gasteiger partial charge in [0.15, 0.2) is 11.5 Å². The van der Waals surface area contributed by atoms with E-state index in [2.05, 4.69) is 21.0 Å². The van der Waals surface area contributed by atoms with Gasteiger partial charge in [-0.15, -0.1) is 0 Å². The maximum Gasteiger partial charge on any atom is 0.311 e. The van der Waals surface area contributed by atoms with Crippen molar-refractivity contribution in [1.29, 1.82) is 0 Å². The van der Waals surface area contributed by atoms with E-state index >= 15 is 0 Å². The van der Waals surface area contributed by atoms with Crippen LogP contribution in [0.15, 0.2) is 51.9 Å². The zero-order valence-electron chi connectivity index (χ0n) is 17.6. The van der Waals surface area contributed by atoms with Crippen molar-refractivity contribution in [3.63, 3.8) is 0 Å². The molecule has 31 heavy (non-hydrogen) atoms. The summed E-state index contributed by atoms with van der Waals surface area (Å²) in [5, 5.41) is 5.57. The molecule has 0 saturated heterocycles. The molecule has 0 atom stereocenters. The summed E-state index contributed by atoms with van der Waals surface area (Å²) in [6.45, 7) is 4.70. The average Bonchev–Trinajstić information content (AvgIpc) is 2.76. The van der Waals surface area contributed by atoms with E-state index in [0.717, 1.165) is 22.7 Å². The van der Waals surface area contributed by atoms with Crippen LogP contribution in [0.4, 0.5) is 0 Å². The van der Waals surface area contributed by atoms with Crippen molar-refractivity contribution in [2.75, 3.05) is 13.2 Å². The molecule has 0 aliphatic rings. The summed E-state index contributed by atoms with van der Waals surface area (Å²) in [6, 6.07) is 10.6. The van der Waals surface area contributed by atoms with Gasteiger partial charge in [-0.25, -0.2) is 4.68 Å². The van der Waals surface area contributed by atoms with E-state index in [9.17, 15) is 9.59 Å². The molecular weight excluding hydrogens is 464 g/mol. The maximum atomic E-state index is 12.7. The summed E-state index contributed by atoms with van der Waals surface area (Å²) in [6.07, 6.45) is 3.62. The van der Waals surface area contributed by atoms with E-state index in [4.69, 9.17) is 14.2 Å². The van der Waals surface area contributed by atoms with E-state index in [-0.39, 0.29) is 30.4 Å². The van der Waals surface area contributed by atoms with E-state index in [1.807, 2.05) is 26.0 Å². The number of carbonyl (C=O) groups is 1. The summed E-state index contributed by atoms with van der Waals surface area (Å²) < 4.78 is 19.2. The van der Waals surface area contributed by atoms with Gasteiger partial charge in [0.05, 0.1) is 24.7 Å². The van der Waals surface area contributed by atoms with E-state index < -0.39 is 0 Å². The van der Waals surface area contributed by atoms with Crippen molar-refractivity contribution >= 4 is 32.7 Å². The molecule has 3 rings (SSSR count). The Hall–Kier alpha value is -2.87. The number of aromatic nitrogens is 2. The Balaban J connectivity index is 1.75. The number of nitrogens with zero attached hydrogens (tertiary/aromatic N) is 2. The molecule has 0 radical (unpaired) electrons. The lowest BCUT2D eigenvalue weighted by molar-refractivity contribution is -0.134. The standard InChI is InChI=1S/C23H25BrN2O5/c1-3-5-9-21(27)31-22-19(29-4-2)7-6-8-20(22)30-13-12-26-23(28)18-11-10-17(24)14-16(18)15-25-26/h6-8,10-11,14-15H,3-5,9,12-13H2,1-2H3. The van der Waals surface area contributed by atoms with Crippen molar-refractivity contribution < 1.29 is 19.0 Å². The Kier molecular flexibility index (Phi) is 8.06. The van der Waals surface area contributed by atoms with Crippen LogP contribution in [0.2, 0.25) is 0 Å². The fraction of sp³-hybridized carbons (Fsp3) is 0.348. The number of rotatable bonds is 10. The number of fused-ring (bicyclic) bond motifs is 1. The van der Waals surface area contributed by atoms with Crippen LogP contribution in [0.25, 0.3) is 10.8 Å². The van der Waals surface area contributed by atoms with Crippen LogP contribution in [0.1, 0.15) is 33.1 Å². The molecule has 164 valence electrons. The Morgan fingerprint density at radius 1 is 1.13 bits per heavy atom. The van der Waals surface area contributed by atoms with Gasteiger partial charge in [0.25, 0.3) is 5.56 Å².